The summed E-state index contributed by atoms with van der Waals surface area (Å²) in [5, 5.41) is 12.7. The van der Waals surface area contributed by atoms with Gasteiger partial charge in [-0.3, -0.25) is 4.79 Å². The molecule has 1 heterocycles. The number of carbonyl (C=O) groups is 1. The number of benzene rings is 1. The van der Waals surface area contributed by atoms with Crippen molar-refractivity contribution in [3.63, 3.8) is 0 Å². The Labute approximate surface area is 149 Å². The summed E-state index contributed by atoms with van der Waals surface area (Å²) in [6, 6.07) is 10.3. The number of hydrogen-bond donors (Lipinski definition) is 1. The third-order valence-electron chi connectivity index (χ3n) is 3.07. The molecule has 0 fully saturated rings. The van der Waals surface area contributed by atoms with Gasteiger partial charge in [0.1, 0.15) is 23.2 Å². The highest BCUT2D eigenvalue weighted by atomic mass is 35.5. The predicted molar refractivity (Wildman–Crippen MR) is 92.6 cm³/mol. The Hall–Kier alpha value is -2.26. The number of methoxy groups -OCH3 is 1. The third kappa shape index (κ3) is 4.62. The molecule has 0 radical (unpaired) electrons. The van der Waals surface area contributed by atoms with Crippen LogP contribution in [0.15, 0.2) is 40.3 Å². The van der Waals surface area contributed by atoms with Crippen molar-refractivity contribution in [1.82, 2.24) is 5.32 Å². The molecule has 5 nitrogen and oxygen atoms in total. The van der Waals surface area contributed by atoms with Crippen molar-refractivity contribution in [3.8, 4) is 17.4 Å². The predicted octanol–water partition coefficient (Wildman–Crippen LogP) is 3.92. The van der Waals surface area contributed by atoms with Crippen LogP contribution in [0.4, 0.5) is 0 Å². The highest BCUT2D eigenvalue weighted by molar-refractivity contribution is 6.36. The van der Waals surface area contributed by atoms with Gasteiger partial charge in [-0.25, -0.2) is 0 Å². The summed E-state index contributed by atoms with van der Waals surface area (Å²) < 4.78 is 10.5. The van der Waals surface area contributed by atoms with Crippen LogP contribution in [0.5, 0.6) is 0 Å². The van der Waals surface area contributed by atoms with Gasteiger partial charge < -0.3 is 14.5 Å². The summed E-state index contributed by atoms with van der Waals surface area (Å²) in [4.78, 5) is 11.9. The minimum atomic E-state index is -0.489. The zero-order chi connectivity index (χ0) is 17.5. The second-order valence-corrected chi connectivity index (χ2v) is 5.59. The first-order valence-corrected chi connectivity index (χ1v) is 7.75. The maximum absolute atomic E-state index is 11.9. The molecule has 0 aliphatic heterocycles. The molecule has 0 unspecified atom stereocenters. The van der Waals surface area contributed by atoms with E-state index in [0.717, 1.165) is 0 Å². The largest absolute Gasteiger partial charge is 0.457 e. The van der Waals surface area contributed by atoms with E-state index in [4.69, 9.17) is 37.6 Å². The van der Waals surface area contributed by atoms with Crippen molar-refractivity contribution in [2.24, 2.45) is 0 Å². The molecule has 2 rings (SSSR count). The van der Waals surface area contributed by atoms with Crippen LogP contribution in [0, 0.1) is 11.3 Å². The van der Waals surface area contributed by atoms with E-state index >= 15 is 0 Å². The van der Waals surface area contributed by atoms with Crippen LogP contribution in [0.1, 0.15) is 5.76 Å². The number of ether oxygens (including phenoxy) is 1. The molecule has 0 saturated carbocycles. The quantitative estimate of drug-likeness (QED) is 0.478. The van der Waals surface area contributed by atoms with Gasteiger partial charge >= 0.3 is 0 Å². The molecule has 0 bridgehead atoms. The topological polar surface area (TPSA) is 75.3 Å². The second-order valence-electron chi connectivity index (χ2n) is 4.74. The molecule has 1 aromatic heterocycles. The van der Waals surface area contributed by atoms with Crippen LogP contribution in [0.2, 0.25) is 10.0 Å². The highest BCUT2D eigenvalue weighted by Crippen LogP contribution is 2.31. The fraction of sp³-hybridized carbons (Fsp3) is 0.176. The van der Waals surface area contributed by atoms with Crippen LogP contribution in [-0.4, -0.2) is 26.2 Å². The molecule has 1 N–H and O–H groups in total. The highest BCUT2D eigenvalue weighted by Gasteiger charge is 2.12. The Bertz CT molecular complexity index is 806. The number of nitrogens with one attached hydrogen (secondary N) is 1. The van der Waals surface area contributed by atoms with Gasteiger partial charge in [-0.1, -0.05) is 23.2 Å². The zero-order valence-electron chi connectivity index (χ0n) is 12.8. The van der Waals surface area contributed by atoms with Gasteiger partial charge in [-0.2, -0.15) is 5.26 Å². The maximum atomic E-state index is 11.9. The van der Waals surface area contributed by atoms with E-state index in [1.807, 2.05) is 6.07 Å². The van der Waals surface area contributed by atoms with Gasteiger partial charge in [-0.15, -0.1) is 0 Å². The molecule has 0 spiro atoms. The Morgan fingerprint density at radius 1 is 1.38 bits per heavy atom. The van der Waals surface area contributed by atoms with Crippen molar-refractivity contribution in [3.05, 3.63) is 51.7 Å². The molecule has 0 saturated heterocycles. The monoisotopic (exact) mass is 364 g/mol. The van der Waals surface area contributed by atoms with E-state index < -0.39 is 5.91 Å². The summed E-state index contributed by atoms with van der Waals surface area (Å²) >= 11 is 12.0. The Balaban J connectivity index is 2.19. The number of hydrogen-bond acceptors (Lipinski definition) is 4. The average molecular weight is 365 g/mol. The van der Waals surface area contributed by atoms with Gasteiger partial charge in [-0.05, 0) is 30.3 Å². The molecule has 2 aromatic rings. The number of carbonyl (C=O) groups excluding carboxylic acids is 1. The first-order chi connectivity index (χ1) is 11.5. The van der Waals surface area contributed by atoms with E-state index in [-0.39, 0.29) is 5.57 Å². The Morgan fingerprint density at radius 3 is 2.83 bits per heavy atom. The summed E-state index contributed by atoms with van der Waals surface area (Å²) in [7, 11) is 1.53. The van der Waals surface area contributed by atoms with Crippen LogP contribution in [0.25, 0.3) is 17.4 Å². The van der Waals surface area contributed by atoms with Crippen molar-refractivity contribution >= 4 is 35.2 Å². The molecule has 24 heavy (non-hydrogen) atoms. The molecule has 7 heteroatoms. The van der Waals surface area contributed by atoms with Crippen LogP contribution < -0.4 is 5.32 Å². The van der Waals surface area contributed by atoms with Gasteiger partial charge in [0.05, 0.1) is 11.6 Å². The number of furan rings is 1. The molecule has 1 amide bonds. The van der Waals surface area contributed by atoms with Crippen molar-refractivity contribution in [2.45, 2.75) is 0 Å². The number of nitriles is 1. The van der Waals surface area contributed by atoms with Crippen LogP contribution in [-0.2, 0) is 9.53 Å². The van der Waals surface area contributed by atoms with Gasteiger partial charge in [0, 0.05) is 30.3 Å². The maximum Gasteiger partial charge on any atom is 0.262 e. The standard InChI is InChI=1S/C17H14Cl2N2O3/c1-23-7-6-21-17(22)11(10-20)8-13-3-5-16(24-13)14-4-2-12(18)9-15(14)19/h2-5,8-9H,6-7H2,1H3,(H,21,22)/b11-8-. The van der Waals surface area contributed by atoms with Gasteiger partial charge in [0.15, 0.2) is 0 Å². The lowest BCUT2D eigenvalue weighted by atomic mass is 10.2. The zero-order valence-corrected chi connectivity index (χ0v) is 14.3. The molecule has 0 atom stereocenters. The van der Waals surface area contributed by atoms with Gasteiger partial charge in [0.25, 0.3) is 5.91 Å². The molecular formula is C17H14Cl2N2O3. The summed E-state index contributed by atoms with van der Waals surface area (Å²) in [6.45, 7) is 0.683. The average Bonchev–Trinajstić information content (AvgIpc) is 3.01. The molecule has 0 aliphatic rings. The first kappa shape index (κ1) is 18.1. The SMILES string of the molecule is COCCNC(=O)/C(C#N)=C\c1ccc(-c2ccc(Cl)cc2Cl)o1. The molecular weight excluding hydrogens is 351 g/mol. The second kappa shape index (κ2) is 8.55. The lowest BCUT2D eigenvalue weighted by Gasteiger charge is -2.02. The lowest BCUT2D eigenvalue weighted by Crippen LogP contribution is -2.27. The number of rotatable bonds is 6. The van der Waals surface area contributed by atoms with Gasteiger partial charge in [0.2, 0.25) is 0 Å². The smallest absolute Gasteiger partial charge is 0.262 e. The summed E-state index contributed by atoms with van der Waals surface area (Å²) in [5.41, 5.74) is 0.609. The summed E-state index contributed by atoms with van der Waals surface area (Å²) in [6.07, 6.45) is 1.37. The van der Waals surface area contributed by atoms with E-state index in [0.29, 0.717) is 40.3 Å². The fourth-order valence-corrected chi connectivity index (χ4v) is 2.42. The fourth-order valence-electron chi connectivity index (χ4n) is 1.92. The minimum Gasteiger partial charge on any atom is -0.457 e. The van der Waals surface area contributed by atoms with E-state index in [9.17, 15) is 4.79 Å². The molecule has 0 aliphatic carbocycles. The number of amides is 1. The normalized spacial score (nSPS) is 11.2. The summed E-state index contributed by atoms with van der Waals surface area (Å²) in [5.74, 6) is 0.395. The van der Waals surface area contributed by atoms with E-state index in [1.165, 1.54) is 13.2 Å². The van der Waals surface area contributed by atoms with E-state index in [1.54, 1.807) is 30.3 Å². The first-order valence-electron chi connectivity index (χ1n) is 6.99. The van der Waals surface area contributed by atoms with E-state index in [2.05, 4.69) is 5.32 Å². The number of halogens is 2. The molecule has 124 valence electrons. The van der Waals surface area contributed by atoms with Crippen LogP contribution in [0.3, 0.4) is 0 Å². The Morgan fingerprint density at radius 2 is 2.17 bits per heavy atom. The third-order valence-corrected chi connectivity index (χ3v) is 3.61. The number of nitrogens with zero attached hydrogens (tertiary/aromatic N) is 1. The minimum absolute atomic E-state index is 0.0609. The van der Waals surface area contributed by atoms with Crippen molar-refractivity contribution in [2.75, 3.05) is 20.3 Å². The lowest BCUT2D eigenvalue weighted by molar-refractivity contribution is -0.117. The van der Waals surface area contributed by atoms with Crippen molar-refractivity contribution in [1.29, 1.82) is 5.26 Å². The molecule has 1 aromatic carbocycles. The van der Waals surface area contributed by atoms with Crippen LogP contribution >= 0.6 is 23.2 Å². The van der Waals surface area contributed by atoms with Crippen molar-refractivity contribution < 1.29 is 13.9 Å². The Kier molecular flexibility index (Phi) is 6.44.